The molecule has 0 fully saturated rings. The van der Waals surface area contributed by atoms with Crippen LogP contribution in [0.25, 0.3) is 0 Å². The molecule has 0 N–H and O–H groups in total. The van der Waals surface area contributed by atoms with Crippen LogP contribution in [0.15, 0.2) is 12.2 Å². The third-order valence-electron chi connectivity index (χ3n) is 1.29. The smallest absolute Gasteiger partial charge is 0.302 e. The molecule has 1 aliphatic rings. The molecule has 0 aliphatic carbocycles. The standard InChI is InChI=1S/C6H10O4.C4H6O/c1-5(7)9-3-4-10-6(2)8;1-2-4-5-3-1/h3-4H2,1-2H3;1-2H,3-4H2. The third kappa shape index (κ3) is 12.6. The molecule has 0 saturated heterocycles. The number of rotatable bonds is 3. The molecule has 0 unspecified atom stereocenters. The van der Waals surface area contributed by atoms with E-state index in [4.69, 9.17) is 4.74 Å². The van der Waals surface area contributed by atoms with E-state index in [1.165, 1.54) is 13.8 Å². The maximum atomic E-state index is 10.1. The second-order valence-corrected chi connectivity index (χ2v) is 2.69. The molecule has 1 rings (SSSR count). The van der Waals surface area contributed by atoms with E-state index in [9.17, 15) is 9.59 Å². The van der Waals surface area contributed by atoms with E-state index in [0.29, 0.717) is 0 Å². The van der Waals surface area contributed by atoms with Gasteiger partial charge in [0.1, 0.15) is 13.2 Å². The van der Waals surface area contributed by atoms with Gasteiger partial charge < -0.3 is 14.2 Å². The number of hydrogen-bond donors (Lipinski definition) is 0. The summed E-state index contributed by atoms with van der Waals surface area (Å²) in [6.07, 6.45) is 4.03. The molecule has 0 aromatic carbocycles. The predicted molar refractivity (Wildman–Crippen MR) is 53.2 cm³/mol. The third-order valence-corrected chi connectivity index (χ3v) is 1.29. The van der Waals surface area contributed by atoms with Crippen molar-refractivity contribution in [1.29, 1.82) is 0 Å². The molecular weight excluding hydrogens is 200 g/mol. The van der Waals surface area contributed by atoms with Crippen LogP contribution in [0.2, 0.25) is 0 Å². The highest BCUT2D eigenvalue weighted by Gasteiger charge is 1.94. The van der Waals surface area contributed by atoms with Crippen LogP contribution < -0.4 is 0 Å². The fraction of sp³-hybridized carbons (Fsp3) is 0.600. The Bertz CT molecular complexity index is 200. The fourth-order valence-electron chi connectivity index (χ4n) is 0.711. The van der Waals surface area contributed by atoms with Gasteiger partial charge >= 0.3 is 11.9 Å². The van der Waals surface area contributed by atoms with Crippen LogP contribution in [0.3, 0.4) is 0 Å². The largest absolute Gasteiger partial charge is 0.462 e. The average molecular weight is 216 g/mol. The van der Waals surface area contributed by atoms with E-state index in [0.717, 1.165) is 13.2 Å². The Kier molecular flexibility index (Phi) is 8.37. The molecule has 0 amide bonds. The molecule has 15 heavy (non-hydrogen) atoms. The minimum Gasteiger partial charge on any atom is -0.462 e. The Labute approximate surface area is 89.0 Å². The van der Waals surface area contributed by atoms with Gasteiger partial charge in [-0.25, -0.2) is 0 Å². The van der Waals surface area contributed by atoms with E-state index in [-0.39, 0.29) is 25.2 Å². The summed E-state index contributed by atoms with van der Waals surface area (Å²) in [5, 5.41) is 0. The lowest BCUT2D eigenvalue weighted by Gasteiger charge is -2.00. The van der Waals surface area contributed by atoms with Gasteiger partial charge in [-0.3, -0.25) is 9.59 Å². The minimum absolute atomic E-state index is 0.134. The lowest BCUT2D eigenvalue weighted by molar-refractivity contribution is -0.149. The summed E-state index contributed by atoms with van der Waals surface area (Å²) in [6, 6.07) is 0. The molecule has 5 nitrogen and oxygen atoms in total. The first kappa shape index (κ1) is 13.6. The minimum atomic E-state index is -0.368. The zero-order valence-electron chi connectivity index (χ0n) is 9.02. The lowest BCUT2D eigenvalue weighted by atomic mass is 10.6. The summed E-state index contributed by atoms with van der Waals surface area (Å²) in [5.41, 5.74) is 0. The van der Waals surface area contributed by atoms with E-state index >= 15 is 0 Å². The number of carbonyl (C=O) groups is 2. The summed E-state index contributed by atoms with van der Waals surface area (Å²) in [7, 11) is 0. The maximum absolute atomic E-state index is 10.1. The lowest BCUT2D eigenvalue weighted by Crippen LogP contribution is -2.09. The van der Waals surface area contributed by atoms with Gasteiger partial charge in [-0.05, 0) is 0 Å². The van der Waals surface area contributed by atoms with Gasteiger partial charge in [-0.1, -0.05) is 12.2 Å². The van der Waals surface area contributed by atoms with Gasteiger partial charge in [0.25, 0.3) is 0 Å². The van der Waals surface area contributed by atoms with Crippen LogP contribution in [0, 0.1) is 0 Å². The first-order valence-electron chi connectivity index (χ1n) is 4.62. The average Bonchev–Trinajstić information content (AvgIpc) is 2.69. The Hall–Kier alpha value is -1.36. The molecule has 1 aliphatic heterocycles. The number of ether oxygens (including phenoxy) is 3. The molecule has 0 aromatic heterocycles. The molecule has 5 heteroatoms. The SMILES string of the molecule is C1=CCOC1.CC(=O)OCCOC(C)=O. The van der Waals surface area contributed by atoms with Crippen molar-refractivity contribution in [2.75, 3.05) is 26.4 Å². The Balaban J connectivity index is 0.000000322. The zero-order chi connectivity index (χ0) is 11.5. The topological polar surface area (TPSA) is 61.8 Å². The highest BCUT2D eigenvalue weighted by molar-refractivity contribution is 5.66. The highest BCUT2D eigenvalue weighted by Crippen LogP contribution is 1.85. The van der Waals surface area contributed by atoms with Crippen molar-refractivity contribution in [2.24, 2.45) is 0 Å². The maximum Gasteiger partial charge on any atom is 0.302 e. The quantitative estimate of drug-likeness (QED) is 0.394. The van der Waals surface area contributed by atoms with Crippen LogP contribution in [0.1, 0.15) is 13.8 Å². The van der Waals surface area contributed by atoms with Gasteiger partial charge in [0.05, 0.1) is 13.2 Å². The summed E-state index contributed by atoms with van der Waals surface area (Å²) in [6.45, 7) is 4.51. The van der Waals surface area contributed by atoms with E-state index in [2.05, 4.69) is 9.47 Å². The Morgan fingerprint density at radius 2 is 1.47 bits per heavy atom. The van der Waals surface area contributed by atoms with Crippen LogP contribution in [0.4, 0.5) is 0 Å². The summed E-state index contributed by atoms with van der Waals surface area (Å²) < 4.78 is 13.8. The molecule has 0 saturated carbocycles. The van der Waals surface area contributed by atoms with Crippen molar-refractivity contribution >= 4 is 11.9 Å². The Morgan fingerprint density at radius 3 is 1.67 bits per heavy atom. The van der Waals surface area contributed by atoms with Crippen molar-refractivity contribution in [3.05, 3.63) is 12.2 Å². The highest BCUT2D eigenvalue weighted by atomic mass is 16.6. The van der Waals surface area contributed by atoms with E-state index in [1.807, 2.05) is 12.2 Å². The van der Waals surface area contributed by atoms with Crippen molar-refractivity contribution in [3.8, 4) is 0 Å². The molecule has 0 bridgehead atoms. The van der Waals surface area contributed by atoms with Crippen LogP contribution in [0.5, 0.6) is 0 Å². The van der Waals surface area contributed by atoms with Crippen LogP contribution >= 0.6 is 0 Å². The normalized spacial score (nSPS) is 12.7. The molecule has 0 atom stereocenters. The molecule has 0 aromatic rings. The molecule has 86 valence electrons. The molecule has 0 radical (unpaired) electrons. The number of carbonyl (C=O) groups excluding carboxylic acids is 2. The van der Waals surface area contributed by atoms with E-state index in [1.54, 1.807) is 0 Å². The second kappa shape index (κ2) is 9.21. The van der Waals surface area contributed by atoms with Gasteiger partial charge in [-0.15, -0.1) is 0 Å². The summed E-state index contributed by atoms with van der Waals surface area (Å²) >= 11 is 0. The van der Waals surface area contributed by atoms with Gasteiger partial charge in [0.15, 0.2) is 0 Å². The van der Waals surface area contributed by atoms with Crippen LogP contribution in [-0.2, 0) is 23.8 Å². The number of esters is 2. The van der Waals surface area contributed by atoms with Crippen LogP contribution in [-0.4, -0.2) is 38.4 Å². The van der Waals surface area contributed by atoms with E-state index < -0.39 is 0 Å². The predicted octanol–water partition coefficient (Wildman–Crippen LogP) is 0.685. The number of hydrogen-bond acceptors (Lipinski definition) is 5. The molecule has 1 heterocycles. The first-order valence-corrected chi connectivity index (χ1v) is 4.62. The monoisotopic (exact) mass is 216 g/mol. The second-order valence-electron chi connectivity index (χ2n) is 2.69. The Morgan fingerprint density at radius 1 is 1.07 bits per heavy atom. The zero-order valence-corrected chi connectivity index (χ0v) is 9.02. The van der Waals surface area contributed by atoms with Crippen molar-refractivity contribution in [3.63, 3.8) is 0 Å². The van der Waals surface area contributed by atoms with Crippen molar-refractivity contribution in [2.45, 2.75) is 13.8 Å². The summed E-state index contributed by atoms with van der Waals surface area (Å²) in [5.74, 6) is -0.737. The van der Waals surface area contributed by atoms with Gasteiger partial charge in [-0.2, -0.15) is 0 Å². The summed E-state index contributed by atoms with van der Waals surface area (Å²) in [4.78, 5) is 20.3. The van der Waals surface area contributed by atoms with Gasteiger partial charge in [0.2, 0.25) is 0 Å². The first-order chi connectivity index (χ1) is 7.13. The molecule has 0 spiro atoms. The fourth-order valence-corrected chi connectivity index (χ4v) is 0.711. The van der Waals surface area contributed by atoms with Crippen molar-refractivity contribution in [1.82, 2.24) is 0 Å². The molecular formula is C10H16O5. The van der Waals surface area contributed by atoms with Gasteiger partial charge in [0, 0.05) is 13.8 Å². The van der Waals surface area contributed by atoms with Crippen molar-refractivity contribution < 1.29 is 23.8 Å².